The smallest absolute Gasteiger partial charge is 0.323 e. The van der Waals surface area contributed by atoms with Gasteiger partial charge in [-0.2, -0.15) is 0 Å². The zero-order valence-electron chi connectivity index (χ0n) is 11.9. The summed E-state index contributed by atoms with van der Waals surface area (Å²) in [6.07, 6.45) is 0.671. The maximum absolute atomic E-state index is 12.3. The van der Waals surface area contributed by atoms with Crippen LogP contribution in [0.4, 0.5) is 0 Å². The highest BCUT2D eigenvalue weighted by atomic mass is 16.4. The van der Waals surface area contributed by atoms with E-state index in [1.807, 2.05) is 13.8 Å². The monoisotopic (exact) mass is 277 g/mol. The molecule has 0 heterocycles. The number of carboxylic acids is 1. The van der Waals surface area contributed by atoms with E-state index in [0.717, 1.165) is 0 Å². The summed E-state index contributed by atoms with van der Waals surface area (Å²) < 4.78 is 0. The molecule has 0 aliphatic carbocycles. The molecule has 1 aromatic carbocycles. The van der Waals surface area contributed by atoms with E-state index in [9.17, 15) is 14.4 Å². The lowest BCUT2D eigenvalue weighted by molar-refractivity contribution is -0.138. The third kappa shape index (κ3) is 3.91. The van der Waals surface area contributed by atoms with Crippen molar-refractivity contribution >= 4 is 17.7 Å². The number of amides is 1. The Morgan fingerprint density at radius 1 is 1.15 bits per heavy atom. The number of carbonyl (C=O) groups is 3. The van der Waals surface area contributed by atoms with E-state index in [1.54, 1.807) is 24.3 Å². The first-order valence-corrected chi connectivity index (χ1v) is 6.50. The van der Waals surface area contributed by atoms with Crippen LogP contribution in [0, 0.1) is 0 Å². The van der Waals surface area contributed by atoms with Gasteiger partial charge in [-0.15, -0.1) is 0 Å². The molecule has 0 aliphatic heterocycles. The van der Waals surface area contributed by atoms with Gasteiger partial charge in [0.05, 0.1) is 0 Å². The molecule has 0 saturated carbocycles. The number of carboxylic acid groups (broad SMARTS) is 1. The summed E-state index contributed by atoms with van der Waals surface area (Å²) in [5, 5.41) is 8.90. The average Bonchev–Trinajstić information content (AvgIpc) is 2.43. The second kappa shape index (κ2) is 6.84. The summed E-state index contributed by atoms with van der Waals surface area (Å²) in [4.78, 5) is 35.7. The van der Waals surface area contributed by atoms with Crippen LogP contribution in [0.5, 0.6) is 0 Å². The molecule has 0 saturated heterocycles. The summed E-state index contributed by atoms with van der Waals surface area (Å²) in [5.74, 6) is -1.45. The van der Waals surface area contributed by atoms with Gasteiger partial charge in [0.1, 0.15) is 6.54 Å². The van der Waals surface area contributed by atoms with Crippen LogP contribution in [0.15, 0.2) is 24.3 Å². The van der Waals surface area contributed by atoms with Crippen LogP contribution in [0.3, 0.4) is 0 Å². The Balaban J connectivity index is 2.99. The first-order valence-electron chi connectivity index (χ1n) is 6.50. The van der Waals surface area contributed by atoms with Crippen LogP contribution in [0.2, 0.25) is 0 Å². The molecule has 1 N–H and O–H groups in total. The highest BCUT2D eigenvalue weighted by molar-refractivity contribution is 5.98. The van der Waals surface area contributed by atoms with E-state index >= 15 is 0 Å². The second-order valence-electron chi connectivity index (χ2n) is 4.72. The number of hydrogen-bond donors (Lipinski definition) is 1. The van der Waals surface area contributed by atoms with Crippen LogP contribution in [0.25, 0.3) is 0 Å². The van der Waals surface area contributed by atoms with Crippen LogP contribution in [-0.4, -0.2) is 40.3 Å². The number of benzene rings is 1. The minimum atomic E-state index is -1.04. The Morgan fingerprint density at radius 2 is 1.65 bits per heavy atom. The van der Waals surface area contributed by atoms with Crippen molar-refractivity contribution in [3.05, 3.63) is 35.4 Å². The maximum Gasteiger partial charge on any atom is 0.323 e. The van der Waals surface area contributed by atoms with Crippen molar-refractivity contribution in [3.63, 3.8) is 0 Å². The predicted octanol–water partition coefficient (Wildman–Crippen LogP) is 2.21. The topological polar surface area (TPSA) is 74.7 Å². The lowest BCUT2D eigenvalue weighted by atomic mass is 10.1. The number of aliphatic carboxylic acids is 1. The molecule has 20 heavy (non-hydrogen) atoms. The molecule has 0 radical (unpaired) electrons. The fourth-order valence-corrected chi connectivity index (χ4v) is 1.81. The van der Waals surface area contributed by atoms with Crippen molar-refractivity contribution in [2.24, 2.45) is 0 Å². The van der Waals surface area contributed by atoms with E-state index in [-0.39, 0.29) is 24.3 Å². The Kier molecular flexibility index (Phi) is 5.43. The molecule has 1 unspecified atom stereocenters. The molecule has 1 atom stereocenters. The molecule has 1 rings (SSSR count). The number of Topliss-reactive ketones (excluding diaryl/α,β-unsaturated/α-hetero) is 1. The van der Waals surface area contributed by atoms with E-state index in [0.29, 0.717) is 17.5 Å². The van der Waals surface area contributed by atoms with Crippen LogP contribution in [0.1, 0.15) is 47.9 Å². The number of carbonyl (C=O) groups excluding carboxylic acids is 2. The summed E-state index contributed by atoms with van der Waals surface area (Å²) in [7, 11) is 0. The van der Waals surface area contributed by atoms with Gasteiger partial charge in [0.25, 0.3) is 5.91 Å². The van der Waals surface area contributed by atoms with E-state index in [1.165, 1.54) is 11.8 Å². The van der Waals surface area contributed by atoms with Crippen molar-refractivity contribution < 1.29 is 19.5 Å². The molecule has 0 aromatic heterocycles. The predicted molar refractivity (Wildman–Crippen MR) is 74.9 cm³/mol. The zero-order valence-corrected chi connectivity index (χ0v) is 11.9. The van der Waals surface area contributed by atoms with Crippen molar-refractivity contribution in [2.75, 3.05) is 6.54 Å². The highest BCUT2D eigenvalue weighted by Gasteiger charge is 2.22. The molecule has 0 bridgehead atoms. The third-order valence-corrected chi connectivity index (χ3v) is 3.23. The first kappa shape index (κ1) is 15.9. The Morgan fingerprint density at radius 3 is 2.05 bits per heavy atom. The van der Waals surface area contributed by atoms with Crippen LogP contribution < -0.4 is 0 Å². The normalized spacial score (nSPS) is 11.8. The van der Waals surface area contributed by atoms with E-state index in [2.05, 4.69) is 0 Å². The largest absolute Gasteiger partial charge is 0.480 e. The molecule has 5 nitrogen and oxygen atoms in total. The number of ketones is 1. The van der Waals surface area contributed by atoms with Gasteiger partial charge >= 0.3 is 5.97 Å². The molecular formula is C15H19NO4. The van der Waals surface area contributed by atoms with Gasteiger partial charge in [-0.3, -0.25) is 14.4 Å². The molecule has 1 amide bonds. The van der Waals surface area contributed by atoms with Gasteiger partial charge in [-0.05, 0) is 32.4 Å². The summed E-state index contributed by atoms with van der Waals surface area (Å²) in [6, 6.07) is 6.09. The SMILES string of the molecule is CCC(C)N(CC(=O)O)C(=O)c1ccc(C(C)=O)cc1. The Bertz CT molecular complexity index is 507. The fourth-order valence-electron chi connectivity index (χ4n) is 1.81. The lowest BCUT2D eigenvalue weighted by Gasteiger charge is -2.27. The molecule has 0 aliphatic rings. The first-order chi connectivity index (χ1) is 9.36. The van der Waals surface area contributed by atoms with Gasteiger partial charge in [-0.25, -0.2) is 0 Å². The van der Waals surface area contributed by atoms with Crippen molar-refractivity contribution in [2.45, 2.75) is 33.2 Å². The third-order valence-electron chi connectivity index (χ3n) is 3.23. The number of hydrogen-bond acceptors (Lipinski definition) is 3. The Labute approximate surface area is 118 Å². The molecule has 0 spiro atoms. The minimum absolute atomic E-state index is 0.0756. The van der Waals surface area contributed by atoms with Crippen molar-refractivity contribution in [1.82, 2.24) is 4.90 Å². The van der Waals surface area contributed by atoms with Crippen LogP contribution >= 0.6 is 0 Å². The number of rotatable bonds is 6. The molecule has 5 heteroatoms. The van der Waals surface area contributed by atoms with Gasteiger partial charge in [-0.1, -0.05) is 19.1 Å². The minimum Gasteiger partial charge on any atom is -0.480 e. The quantitative estimate of drug-likeness (QED) is 0.809. The summed E-state index contributed by atoms with van der Waals surface area (Å²) in [6.45, 7) is 4.82. The van der Waals surface area contributed by atoms with E-state index < -0.39 is 5.97 Å². The second-order valence-corrected chi connectivity index (χ2v) is 4.72. The highest BCUT2D eigenvalue weighted by Crippen LogP contribution is 2.12. The van der Waals surface area contributed by atoms with Crippen molar-refractivity contribution in [1.29, 1.82) is 0 Å². The molecule has 1 aromatic rings. The van der Waals surface area contributed by atoms with Gasteiger partial charge in [0, 0.05) is 17.2 Å². The molecule has 108 valence electrons. The fraction of sp³-hybridized carbons (Fsp3) is 0.400. The van der Waals surface area contributed by atoms with Gasteiger partial charge < -0.3 is 10.0 Å². The zero-order chi connectivity index (χ0) is 15.3. The molecule has 0 fully saturated rings. The van der Waals surface area contributed by atoms with Crippen LogP contribution in [-0.2, 0) is 4.79 Å². The van der Waals surface area contributed by atoms with E-state index in [4.69, 9.17) is 5.11 Å². The maximum atomic E-state index is 12.3. The number of nitrogens with zero attached hydrogens (tertiary/aromatic N) is 1. The van der Waals surface area contributed by atoms with Crippen molar-refractivity contribution in [3.8, 4) is 0 Å². The lowest BCUT2D eigenvalue weighted by Crippen LogP contribution is -2.41. The standard InChI is InChI=1S/C15H19NO4/c1-4-10(2)16(9-14(18)19)15(20)13-7-5-12(6-8-13)11(3)17/h5-8,10H,4,9H2,1-3H3,(H,18,19). The molecular weight excluding hydrogens is 258 g/mol. The summed E-state index contributed by atoms with van der Waals surface area (Å²) in [5.41, 5.74) is 0.909. The summed E-state index contributed by atoms with van der Waals surface area (Å²) >= 11 is 0. The van der Waals surface area contributed by atoms with Gasteiger partial charge in [0.15, 0.2) is 5.78 Å². The Hall–Kier alpha value is -2.17. The average molecular weight is 277 g/mol. The van der Waals surface area contributed by atoms with Gasteiger partial charge in [0.2, 0.25) is 0 Å².